The Hall–Kier alpha value is -0.850. The molecule has 1 heterocycles. The third kappa shape index (κ3) is 3.83. The molecule has 1 unspecified atom stereocenters. The lowest BCUT2D eigenvalue weighted by Gasteiger charge is -2.27. The second-order valence-corrected chi connectivity index (χ2v) is 4.36. The van der Waals surface area contributed by atoms with Crippen molar-refractivity contribution in [3.8, 4) is 0 Å². The standard InChI is InChI=1S/C11H20N2O4.ClH/c1-8(9(14)17-3)13-10(15)11(7-16-2)4-5-12-6-11;/h8,12H,4-7H2,1-3H3,(H,13,15);1H/t8-,11?;/m0./s1. The minimum Gasteiger partial charge on any atom is -0.467 e. The molecule has 7 heteroatoms. The number of halogens is 1. The minimum absolute atomic E-state index is 0. The summed E-state index contributed by atoms with van der Waals surface area (Å²) in [6, 6.07) is -0.637. The Morgan fingerprint density at radius 3 is 2.56 bits per heavy atom. The smallest absolute Gasteiger partial charge is 0.328 e. The van der Waals surface area contributed by atoms with E-state index in [-0.39, 0.29) is 18.3 Å². The van der Waals surface area contributed by atoms with Crippen LogP contribution in [0.25, 0.3) is 0 Å². The van der Waals surface area contributed by atoms with Gasteiger partial charge in [-0.1, -0.05) is 0 Å². The van der Waals surface area contributed by atoms with Gasteiger partial charge < -0.3 is 20.1 Å². The number of hydrogen-bond donors (Lipinski definition) is 2. The van der Waals surface area contributed by atoms with Gasteiger partial charge in [-0.2, -0.15) is 0 Å². The fraction of sp³-hybridized carbons (Fsp3) is 0.818. The molecule has 0 spiro atoms. The van der Waals surface area contributed by atoms with Gasteiger partial charge in [0.2, 0.25) is 5.91 Å². The summed E-state index contributed by atoms with van der Waals surface area (Å²) in [7, 11) is 2.87. The number of carbonyl (C=O) groups is 2. The van der Waals surface area contributed by atoms with Crippen LogP contribution in [0, 0.1) is 5.41 Å². The molecule has 0 saturated carbocycles. The molecule has 1 fully saturated rings. The third-order valence-corrected chi connectivity index (χ3v) is 3.05. The van der Waals surface area contributed by atoms with Gasteiger partial charge in [-0.3, -0.25) is 4.79 Å². The zero-order valence-electron chi connectivity index (χ0n) is 10.9. The molecule has 2 atom stereocenters. The second kappa shape index (κ2) is 7.56. The van der Waals surface area contributed by atoms with Gasteiger partial charge in [0.1, 0.15) is 6.04 Å². The Kier molecular flexibility index (Phi) is 7.20. The summed E-state index contributed by atoms with van der Waals surface area (Å²) in [5.74, 6) is -0.612. The Labute approximate surface area is 113 Å². The monoisotopic (exact) mass is 280 g/mol. The Morgan fingerprint density at radius 1 is 1.44 bits per heavy atom. The van der Waals surface area contributed by atoms with Crippen LogP contribution in [-0.4, -0.2) is 51.8 Å². The number of amides is 1. The van der Waals surface area contributed by atoms with Crippen LogP contribution in [0.1, 0.15) is 13.3 Å². The average molecular weight is 281 g/mol. The number of methoxy groups -OCH3 is 2. The molecule has 1 aliphatic rings. The first-order valence-electron chi connectivity index (χ1n) is 5.64. The lowest BCUT2D eigenvalue weighted by Crippen LogP contribution is -2.50. The zero-order valence-corrected chi connectivity index (χ0v) is 11.8. The molecule has 1 rings (SSSR count). The van der Waals surface area contributed by atoms with Crippen LogP contribution in [0.5, 0.6) is 0 Å². The number of rotatable bonds is 5. The molecule has 0 aliphatic carbocycles. The van der Waals surface area contributed by atoms with Gasteiger partial charge in [0, 0.05) is 13.7 Å². The first-order chi connectivity index (χ1) is 8.05. The number of esters is 1. The maximum absolute atomic E-state index is 12.1. The molecular weight excluding hydrogens is 260 g/mol. The summed E-state index contributed by atoms with van der Waals surface area (Å²) >= 11 is 0. The van der Waals surface area contributed by atoms with Crippen LogP contribution in [-0.2, 0) is 19.1 Å². The van der Waals surface area contributed by atoms with E-state index >= 15 is 0 Å². The number of ether oxygens (including phenoxy) is 2. The lowest BCUT2D eigenvalue weighted by atomic mass is 9.87. The first kappa shape index (κ1) is 17.2. The molecule has 0 aromatic heterocycles. The highest BCUT2D eigenvalue weighted by Gasteiger charge is 2.42. The summed E-state index contributed by atoms with van der Waals surface area (Å²) in [5.41, 5.74) is -0.572. The van der Waals surface area contributed by atoms with Crippen LogP contribution < -0.4 is 10.6 Å². The summed E-state index contributed by atoms with van der Waals surface area (Å²) < 4.78 is 9.67. The highest BCUT2D eigenvalue weighted by Crippen LogP contribution is 2.26. The van der Waals surface area contributed by atoms with Crippen molar-refractivity contribution in [3.05, 3.63) is 0 Å². The quantitative estimate of drug-likeness (QED) is 0.677. The normalized spacial score (nSPS) is 23.9. The summed E-state index contributed by atoms with van der Waals surface area (Å²) in [5, 5.41) is 5.80. The molecule has 1 aliphatic heterocycles. The zero-order chi connectivity index (χ0) is 12.9. The topological polar surface area (TPSA) is 76.7 Å². The predicted octanol–water partition coefficient (Wildman–Crippen LogP) is -0.288. The van der Waals surface area contributed by atoms with Gasteiger partial charge >= 0.3 is 5.97 Å². The van der Waals surface area contributed by atoms with Gasteiger partial charge in [-0.25, -0.2) is 4.79 Å². The average Bonchev–Trinajstić information content (AvgIpc) is 2.78. The van der Waals surface area contributed by atoms with E-state index in [9.17, 15) is 9.59 Å². The van der Waals surface area contributed by atoms with Crippen LogP contribution in [0.3, 0.4) is 0 Å². The predicted molar refractivity (Wildman–Crippen MR) is 68.7 cm³/mol. The van der Waals surface area contributed by atoms with Crippen molar-refractivity contribution >= 4 is 24.3 Å². The number of hydrogen-bond acceptors (Lipinski definition) is 5. The van der Waals surface area contributed by atoms with Gasteiger partial charge in [-0.15, -0.1) is 12.4 Å². The van der Waals surface area contributed by atoms with Crippen LogP contribution in [0.4, 0.5) is 0 Å². The molecule has 0 radical (unpaired) electrons. The lowest BCUT2D eigenvalue weighted by molar-refractivity contribution is -0.146. The van der Waals surface area contributed by atoms with Crippen molar-refractivity contribution in [2.24, 2.45) is 5.41 Å². The van der Waals surface area contributed by atoms with Crippen LogP contribution in [0.2, 0.25) is 0 Å². The molecule has 0 aromatic carbocycles. The molecule has 0 aromatic rings. The van der Waals surface area contributed by atoms with E-state index in [1.807, 2.05) is 0 Å². The van der Waals surface area contributed by atoms with Gasteiger partial charge in [-0.05, 0) is 19.9 Å². The number of carbonyl (C=O) groups excluding carboxylic acids is 2. The fourth-order valence-corrected chi connectivity index (χ4v) is 1.99. The summed E-state index contributed by atoms with van der Waals surface area (Å²) in [6.45, 7) is 3.30. The molecular formula is C11H21ClN2O4. The van der Waals surface area contributed by atoms with E-state index < -0.39 is 17.4 Å². The second-order valence-electron chi connectivity index (χ2n) is 4.36. The SMILES string of the molecule is COCC1(C(=O)N[C@@H](C)C(=O)OC)CCNC1.Cl. The van der Waals surface area contributed by atoms with Crippen molar-refractivity contribution in [2.75, 3.05) is 33.9 Å². The van der Waals surface area contributed by atoms with Crippen molar-refractivity contribution < 1.29 is 19.1 Å². The van der Waals surface area contributed by atoms with Crippen LogP contribution >= 0.6 is 12.4 Å². The van der Waals surface area contributed by atoms with Crippen molar-refractivity contribution in [1.82, 2.24) is 10.6 Å². The van der Waals surface area contributed by atoms with E-state index in [1.165, 1.54) is 7.11 Å². The maximum atomic E-state index is 12.1. The highest BCUT2D eigenvalue weighted by atomic mass is 35.5. The Bertz CT molecular complexity index is 293. The van der Waals surface area contributed by atoms with Gasteiger partial charge in [0.25, 0.3) is 0 Å². The summed E-state index contributed by atoms with van der Waals surface area (Å²) in [4.78, 5) is 23.4. The van der Waals surface area contributed by atoms with Gasteiger partial charge in [0.05, 0.1) is 19.1 Å². The van der Waals surface area contributed by atoms with E-state index in [0.29, 0.717) is 19.6 Å². The maximum Gasteiger partial charge on any atom is 0.328 e. The molecule has 18 heavy (non-hydrogen) atoms. The van der Waals surface area contributed by atoms with Crippen molar-refractivity contribution in [1.29, 1.82) is 0 Å². The molecule has 2 N–H and O–H groups in total. The number of nitrogens with one attached hydrogen (secondary N) is 2. The first-order valence-corrected chi connectivity index (χ1v) is 5.64. The van der Waals surface area contributed by atoms with Crippen molar-refractivity contribution in [2.45, 2.75) is 19.4 Å². The molecule has 106 valence electrons. The van der Waals surface area contributed by atoms with Crippen LogP contribution in [0.15, 0.2) is 0 Å². The molecule has 0 bridgehead atoms. The van der Waals surface area contributed by atoms with Gasteiger partial charge in [0.15, 0.2) is 0 Å². The Morgan fingerprint density at radius 2 is 2.11 bits per heavy atom. The largest absolute Gasteiger partial charge is 0.467 e. The van der Waals surface area contributed by atoms with E-state index in [0.717, 1.165) is 6.54 Å². The minimum atomic E-state index is -0.637. The Balaban J connectivity index is 0.00000289. The fourth-order valence-electron chi connectivity index (χ4n) is 1.99. The molecule has 6 nitrogen and oxygen atoms in total. The van der Waals surface area contributed by atoms with Crippen molar-refractivity contribution in [3.63, 3.8) is 0 Å². The molecule has 1 amide bonds. The van der Waals surface area contributed by atoms with E-state index in [1.54, 1.807) is 14.0 Å². The molecule has 1 saturated heterocycles. The summed E-state index contributed by atoms with van der Waals surface area (Å²) in [6.07, 6.45) is 0.709. The third-order valence-electron chi connectivity index (χ3n) is 3.05. The highest BCUT2D eigenvalue weighted by molar-refractivity contribution is 5.88. The van der Waals surface area contributed by atoms with E-state index in [4.69, 9.17) is 4.74 Å². The van der Waals surface area contributed by atoms with E-state index in [2.05, 4.69) is 15.4 Å².